The van der Waals surface area contributed by atoms with Gasteiger partial charge in [-0.05, 0) is 37.6 Å². The first-order chi connectivity index (χ1) is 9.63. The maximum Gasteiger partial charge on any atom is 0.254 e. The number of nitrogens with two attached hydrogens (primary N) is 1. The molecule has 1 fully saturated rings. The zero-order valence-corrected chi connectivity index (χ0v) is 11.8. The number of benzene rings is 1. The number of carbonyl (C=O) groups excluding carboxylic acids is 1. The van der Waals surface area contributed by atoms with E-state index in [1.54, 1.807) is 4.90 Å². The van der Waals surface area contributed by atoms with Crippen molar-refractivity contribution in [1.29, 1.82) is 0 Å². The molecule has 2 unspecified atom stereocenters. The fourth-order valence-electron chi connectivity index (χ4n) is 2.48. The van der Waals surface area contributed by atoms with Crippen molar-refractivity contribution in [3.8, 4) is 0 Å². The third kappa shape index (κ3) is 3.56. The molecule has 5 nitrogen and oxygen atoms in total. The van der Waals surface area contributed by atoms with Crippen molar-refractivity contribution in [2.75, 3.05) is 26.2 Å². The van der Waals surface area contributed by atoms with Crippen molar-refractivity contribution < 1.29 is 14.6 Å². The summed E-state index contributed by atoms with van der Waals surface area (Å²) in [6.07, 6.45) is 0.468. The molecule has 0 aromatic heterocycles. The molecule has 1 saturated heterocycles. The summed E-state index contributed by atoms with van der Waals surface area (Å²) in [6.45, 7) is 3.44. The highest BCUT2D eigenvalue weighted by Gasteiger charge is 2.28. The average Bonchev–Trinajstić information content (AvgIpc) is 2.47. The summed E-state index contributed by atoms with van der Waals surface area (Å²) in [5, 5.41) is 9.20. The lowest BCUT2D eigenvalue weighted by Crippen LogP contribution is -2.50. The molecule has 20 heavy (non-hydrogen) atoms. The van der Waals surface area contributed by atoms with Crippen molar-refractivity contribution in [1.82, 2.24) is 4.90 Å². The maximum atomic E-state index is 12.4. The van der Waals surface area contributed by atoms with Gasteiger partial charge in [0.15, 0.2) is 0 Å². The van der Waals surface area contributed by atoms with Crippen LogP contribution in [0.1, 0.15) is 22.8 Å². The van der Waals surface area contributed by atoms with Gasteiger partial charge < -0.3 is 20.5 Å². The van der Waals surface area contributed by atoms with E-state index in [2.05, 4.69) is 0 Å². The summed E-state index contributed by atoms with van der Waals surface area (Å²) in [5.74, 6) is -0.0158. The largest absolute Gasteiger partial charge is 0.394 e. The first-order valence-corrected chi connectivity index (χ1v) is 6.98. The molecule has 1 aromatic carbocycles. The van der Waals surface area contributed by atoms with Gasteiger partial charge in [0.05, 0.1) is 18.8 Å². The highest BCUT2D eigenvalue weighted by atomic mass is 16.5. The van der Waals surface area contributed by atoms with Crippen LogP contribution in [0.4, 0.5) is 0 Å². The summed E-state index contributed by atoms with van der Waals surface area (Å²) in [5.41, 5.74) is 7.30. The monoisotopic (exact) mass is 278 g/mol. The molecule has 1 heterocycles. The molecule has 2 atom stereocenters. The number of hydrogen-bond acceptors (Lipinski definition) is 4. The number of morpholine rings is 1. The van der Waals surface area contributed by atoms with Crippen molar-refractivity contribution in [3.63, 3.8) is 0 Å². The number of aliphatic hydroxyl groups is 1. The molecule has 1 aliphatic rings. The van der Waals surface area contributed by atoms with Crippen molar-refractivity contribution in [3.05, 3.63) is 35.4 Å². The number of amides is 1. The maximum absolute atomic E-state index is 12.4. The smallest absolute Gasteiger partial charge is 0.254 e. The minimum absolute atomic E-state index is 0.0158. The van der Waals surface area contributed by atoms with E-state index in [4.69, 9.17) is 10.5 Å². The fraction of sp³-hybridized carbons (Fsp3) is 0.533. The van der Waals surface area contributed by atoms with Crippen LogP contribution in [0, 0.1) is 0 Å². The Kier molecular flexibility index (Phi) is 5.11. The van der Waals surface area contributed by atoms with Gasteiger partial charge in [0.25, 0.3) is 5.91 Å². The minimum atomic E-state index is -0.292. The van der Waals surface area contributed by atoms with Crippen molar-refractivity contribution in [2.24, 2.45) is 5.73 Å². The molecule has 2 rings (SSSR count). The number of aliphatic hydroxyl groups excluding tert-OH is 1. The number of carbonyl (C=O) groups is 1. The van der Waals surface area contributed by atoms with Crippen LogP contribution in [0.2, 0.25) is 0 Å². The average molecular weight is 278 g/mol. The summed E-state index contributed by atoms with van der Waals surface area (Å²) < 4.78 is 5.54. The zero-order chi connectivity index (χ0) is 14.5. The van der Waals surface area contributed by atoms with Crippen LogP contribution < -0.4 is 5.73 Å². The van der Waals surface area contributed by atoms with E-state index in [-0.39, 0.29) is 24.7 Å². The molecule has 0 radical (unpaired) electrons. The molecule has 0 spiro atoms. The summed E-state index contributed by atoms with van der Waals surface area (Å²) in [4.78, 5) is 14.2. The van der Waals surface area contributed by atoms with E-state index >= 15 is 0 Å². The van der Waals surface area contributed by atoms with Gasteiger partial charge in [-0.1, -0.05) is 12.1 Å². The summed E-state index contributed by atoms with van der Waals surface area (Å²) in [7, 11) is 0. The molecule has 3 N–H and O–H groups in total. The molecule has 0 saturated carbocycles. The molecule has 1 aliphatic heterocycles. The van der Waals surface area contributed by atoms with E-state index in [0.29, 0.717) is 25.2 Å². The molecular formula is C15H22N2O3. The van der Waals surface area contributed by atoms with Gasteiger partial charge in [-0.3, -0.25) is 4.79 Å². The molecule has 1 aromatic rings. The summed E-state index contributed by atoms with van der Waals surface area (Å²) in [6, 6.07) is 7.55. The molecular weight excluding hydrogens is 256 g/mol. The van der Waals surface area contributed by atoms with Crippen LogP contribution in [-0.4, -0.2) is 54.4 Å². The first-order valence-electron chi connectivity index (χ1n) is 6.98. The van der Waals surface area contributed by atoms with Crippen LogP contribution in [-0.2, 0) is 11.2 Å². The quantitative estimate of drug-likeness (QED) is 0.836. The predicted octanol–water partition coefficient (Wildman–Crippen LogP) is 0.410. The van der Waals surface area contributed by atoms with E-state index in [1.807, 2.05) is 31.2 Å². The van der Waals surface area contributed by atoms with Gasteiger partial charge in [0.2, 0.25) is 0 Å². The lowest BCUT2D eigenvalue weighted by Gasteiger charge is -2.36. The molecule has 1 amide bonds. The number of nitrogens with zero attached hydrogens (tertiary/aromatic N) is 1. The Bertz CT molecular complexity index is 447. The van der Waals surface area contributed by atoms with E-state index in [1.165, 1.54) is 0 Å². The van der Waals surface area contributed by atoms with E-state index < -0.39 is 0 Å². The van der Waals surface area contributed by atoms with E-state index in [9.17, 15) is 9.90 Å². The molecule has 5 heteroatoms. The van der Waals surface area contributed by atoms with Crippen molar-refractivity contribution in [2.45, 2.75) is 25.6 Å². The number of ether oxygens (including phenoxy) is 1. The predicted molar refractivity (Wildman–Crippen MR) is 76.5 cm³/mol. The van der Waals surface area contributed by atoms with Gasteiger partial charge in [0.1, 0.15) is 0 Å². The third-order valence-electron chi connectivity index (χ3n) is 3.45. The molecule has 110 valence electrons. The van der Waals surface area contributed by atoms with Gasteiger partial charge >= 0.3 is 0 Å². The van der Waals surface area contributed by atoms with Gasteiger partial charge in [0, 0.05) is 18.7 Å². The third-order valence-corrected chi connectivity index (χ3v) is 3.45. The Morgan fingerprint density at radius 2 is 2.10 bits per heavy atom. The highest BCUT2D eigenvalue weighted by Crippen LogP contribution is 2.15. The van der Waals surface area contributed by atoms with Gasteiger partial charge in [-0.25, -0.2) is 0 Å². The zero-order valence-electron chi connectivity index (χ0n) is 11.8. The highest BCUT2D eigenvalue weighted by molar-refractivity contribution is 5.94. The van der Waals surface area contributed by atoms with Gasteiger partial charge in [-0.2, -0.15) is 0 Å². The minimum Gasteiger partial charge on any atom is -0.394 e. The standard InChI is InChI=1S/C15H22N2O3/c1-11-8-17(9-14(10-18)20-11)15(19)13-4-2-12(3-5-13)6-7-16/h2-5,11,14,18H,6-10,16H2,1H3. The Balaban J connectivity index is 2.06. The second kappa shape index (κ2) is 6.83. The van der Waals surface area contributed by atoms with Crippen LogP contribution in [0.15, 0.2) is 24.3 Å². The first kappa shape index (κ1) is 15.0. The summed E-state index contributed by atoms with van der Waals surface area (Å²) >= 11 is 0. The second-order valence-electron chi connectivity index (χ2n) is 5.20. The van der Waals surface area contributed by atoms with Crippen LogP contribution >= 0.6 is 0 Å². The van der Waals surface area contributed by atoms with Crippen molar-refractivity contribution >= 4 is 5.91 Å². The Labute approximate surface area is 119 Å². The number of hydrogen-bond donors (Lipinski definition) is 2. The Morgan fingerprint density at radius 3 is 2.70 bits per heavy atom. The second-order valence-corrected chi connectivity index (χ2v) is 5.20. The Morgan fingerprint density at radius 1 is 1.40 bits per heavy atom. The van der Waals surface area contributed by atoms with Crippen LogP contribution in [0.3, 0.4) is 0 Å². The molecule has 0 aliphatic carbocycles. The lowest BCUT2D eigenvalue weighted by atomic mass is 10.1. The normalized spacial score (nSPS) is 22.9. The van der Waals surface area contributed by atoms with Gasteiger partial charge in [-0.15, -0.1) is 0 Å². The van der Waals surface area contributed by atoms with Crippen LogP contribution in [0.25, 0.3) is 0 Å². The Hall–Kier alpha value is -1.43. The number of rotatable bonds is 4. The van der Waals surface area contributed by atoms with E-state index in [0.717, 1.165) is 12.0 Å². The SMILES string of the molecule is CC1CN(C(=O)c2ccc(CCN)cc2)CC(CO)O1. The molecule has 0 bridgehead atoms. The fourth-order valence-corrected chi connectivity index (χ4v) is 2.48. The van der Waals surface area contributed by atoms with Crippen LogP contribution in [0.5, 0.6) is 0 Å². The topological polar surface area (TPSA) is 75.8 Å². The lowest BCUT2D eigenvalue weighted by molar-refractivity contribution is -0.0858.